The average molecular weight is 676 g/mol. The van der Waals surface area contributed by atoms with Crippen LogP contribution in [-0.4, -0.2) is 111 Å². The fourth-order valence-corrected chi connectivity index (χ4v) is 5.45. The number of amides is 5. The van der Waals surface area contributed by atoms with E-state index in [0.29, 0.717) is 0 Å². The fourth-order valence-electron chi connectivity index (χ4n) is 3.89. The summed E-state index contributed by atoms with van der Waals surface area (Å²) in [6, 6.07) is -3.40. The first-order chi connectivity index (χ1) is 20.5. The van der Waals surface area contributed by atoms with E-state index in [0.717, 1.165) is 11.3 Å². The van der Waals surface area contributed by atoms with Crippen molar-refractivity contribution in [3.63, 3.8) is 0 Å². The van der Waals surface area contributed by atoms with Crippen LogP contribution in [0.5, 0.6) is 0 Å². The van der Waals surface area contributed by atoms with Crippen molar-refractivity contribution in [2.45, 2.75) is 84.3 Å². The number of carbonyl (C=O) groups excluding carboxylic acids is 5. The zero-order chi connectivity index (χ0) is 34.1. The second-order valence-electron chi connectivity index (χ2n) is 12.5. The van der Waals surface area contributed by atoms with Crippen LogP contribution in [0.1, 0.15) is 61.1 Å². The summed E-state index contributed by atoms with van der Waals surface area (Å²) >= 11 is 0.892. The number of carbonyl (C=O) groups is 5. The van der Waals surface area contributed by atoms with Crippen LogP contribution in [0, 0.1) is 0 Å². The number of hydrogen-bond acceptors (Lipinski definition) is 13. The normalized spacial score (nSPS) is 19.4. The molecule has 0 aromatic carbocycles. The molecule has 45 heavy (non-hydrogen) atoms. The molecule has 1 aromatic rings. The van der Waals surface area contributed by atoms with Gasteiger partial charge in [-0.25, -0.2) is 23.7 Å². The van der Waals surface area contributed by atoms with Gasteiger partial charge in [0.1, 0.15) is 22.9 Å². The van der Waals surface area contributed by atoms with Crippen LogP contribution in [0.2, 0.25) is 0 Å². The maximum atomic E-state index is 13.6. The van der Waals surface area contributed by atoms with E-state index in [-0.39, 0.29) is 34.8 Å². The number of β-lactam (4-membered cyclic amide) rings is 1. The van der Waals surface area contributed by atoms with Gasteiger partial charge in [0.25, 0.3) is 11.8 Å². The van der Waals surface area contributed by atoms with Gasteiger partial charge in [-0.05, 0) is 55.4 Å². The van der Waals surface area contributed by atoms with Gasteiger partial charge in [0, 0.05) is 25.0 Å². The van der Waals surface area contributed by atoms with Crippen molar-refractivity contribution in [2.75, 3.05) is 25.0 Å². The number of hydrogen-bond donors (Lipinski definition) is 4. The number of nitrogens with zero attached hydrogens (tertiary/aromatic N) is 4. The van der Waals surface area contributed by atoms with Crippen LogP contribution >= 0.6 is 11.3 Å². The van der Waals surface area contributed by atoms with E-state index in [1.54, 1.807) is 41.5 Å². The molecule has 18 nitrogen and oxygen atoms in total. The lowest BCUT2D eigenvalue weighted by molar-refractivity contribution is -0.179. The zero-order valence-corrected chi connectivity index (χ0v) is 27.6. The van der Waals surface area contributed by atoms with Crippen LogP contribution in [-0.2, 0) is 39.0 Å². The van der Waals surface area contributed by atoms with Crippen LogP contribution < -0.4 is 16.0 Å². The molecule has 2 atom stereocenters. The van der Waals surface area contributed by atoms with E-state index in [2.05, 4.69) is 26.1 Å². The molecule has 20 heteroatoms. The van der Waals surface area contributed by atoms with Gasteiger partial charge in [-0.2, -0.15) is 8.42 Å². The minimum atomic E-state index is -5.04. The molecule has 3 heterocycles. The molecular weight excluding hydrogens is 638 g/mol. The van der Waals surface area contributed by atoms with Gasteiger partial charge in [0.05, 0.1) is 6.04 Å². The van der Waals surface area contributed by atoms with E-state index < -0.39 is 74.8 Å². The molecule has 0 unspecified atom stereocenters. The zero-order valence-electron chi connectivity index (χ0n) is 26.0. The lowest BCUT2D eigenvalue weighted by Gasteiger charge is -2.45. The van der Waals surface area contributed by atoms with Gasteiger partial charge in [-0.1, -0.05) is 5.16 Å². The van der Waals surface area contributed by atoms with Crippen molar-refractivity contribution < 1.29 is 51.3 Å². The number of esters is 1. The highest BCUT2D eigenvalue weighted by Crippen LogP contribution is 2.26. The number of ether oxygens (including phenoxy) is 2. The van der Waals surface area contributed by atoms with Crippen molar-refractivity contribution in [1.82, 2.24) is 24.8 Å². The first kappa shape index (κ1) is 35.4. The van der Waals surface area contributed by atoms with Crippen LogP contribution in [0.15, 0.2) is 10.5 Å². The Morgan fingerprint density at radius 1 is 1.11 bits per heavy atom. The second kappa shape index (κ2) is 12.8. The average Bonchev–Trinajstić information content (AvgIpc) is 3.47. The Morgan fingerprint density at radius 2 is 1.73 bits per heavy atom. The number of anilines is 1. The Labute approximate surface area is 263 Å². The van der Waals surface area contributed by atoms with Gasteiger partial charge in [0.15, 0.2) is 10.8 Å². The van der Waals surface area contributed by atoms with Crippen molar-refractivity contribution in [3.05, 3.63) is 11.1 Å². The summed E-state index contributed by atoms with van der Waals surface area (Å²) in [5, 5.41) is 12.5. The highest BCUT2D eigenvalue weighted by Gasteiger charge is 2.55. The fraction of sp³-hybridized carbons (Fsp3) is 0.640. The number of oxime groups is 1. The third kappa shape index (κ3) is 9.24. The Bertz CT molecular complexity index is 1490. The largest absolute Gasteiger partial charge is 0.457 e. The van der Waals surface area contributed by atoms with Crippen molar-refractivity contribution in [2.24, 2.45) is 5.16 Å². The molecule has 250 valence electrons. The Morgan fingerprint density at radius 3 is 2.27 bits per heavy atom. The maximum absolute atomic E-state index is 13.6. The summed E-state index contributed by atoms with van der Waals surface area (Å²) in [5.74, 6) is -3.07. The molecule has 2 fully saturated rings. The first-order valence-corrected chi connectivity index (χ1v) is 15.9. The van der Waals surface area contributed by atoms with E-state index in [4.69, 9.17) is 14.3 Å². The standard InChI is InChI=1S/C25H37N7O11S2/c1-23(2,3)41-19(35)25(7,8)43-30-15(13-12-44-20(27-13)29-22(37)42-24(4,5)6)17(33)28-16-14(11-31-10-9-26-21(31)36)32(18(16)34)45(38,39)40/h12,14,16H,9-11H2,1-8H3,(H,26,36)(H,28,33)(H,27,29,37)(H,38,39,40)/b30-15+/t14-,16+/m1/s1. The molecule has 3 rings (SSSR count). The number of nitrogens with one attached hydrogen (secondary N) is 3. The summed E-state index contributed by atoms with van der Waals surface area (Å²) < 4.78 is 44.2. The van der Waals surface area contributed by atoms with Crippen molar-refractivity contribution in [3.8, 4) is 0 Å². The van der Waals surface area contributed by atoms with E-state index in [9.17, 15) is 36.9 Å². The van der Waals surface area contributed by atoms with Gasteiger partial charge in [-0.15, -0.1) is 11.3 Å². The quantitative estimate of drug-likeness (QED) is 0.0888. The highest BCUT2D eigenvalue weighted by molar-refractivity contribution is 7.84. The molecular formula is C25H37N7O11S2. The lowest BCUT2D eigenvalue weighted by atomic mass is 9.97. The maximum Gasteiger partial charge on any atom is 0.413 e. The molecule has 0 saturated carbocycles. The lowest BCUT2D eigenvalue weighted by Crippen LogP contribution is -2.74. The van der Waals surface area contributed by atoms with Crippen LogP contribution in [0.4, 0.5) is 14.7 Å². The molecule has 5 amide bonds. The van der Waals surface area contributed by atoms with Gasteiger partial charge in [-0.3, -0.25) is 19.5 Å². The number of urea groups is 1. The molecule has 2 saturated heterocycles. The van der Waals surface area contributed by atoms with Gasteiger partial charge in [0.2, 0.25) is 5.60 Å². The monoisotopic (exact) mass is 675 g/mol. The number of thiazole rings is 1. The Balaban J connectivity index is 1.92. The number of rotatable bonds is 10. The second-order valence-corrected chi connectivity index (χ2v) is 14.7. The summed E-state index contributed by atoms with van der Waals surface area (Å²) in [4.78, 5) is 74.2. The third-order valence-corrected chi connectivity index (χ3v) is 7.59. The highest BCUT2D eigenvalue weighted by atomic mass is 32.2. The minimum absolute atomic E-state index is 0.00124. The third-order valence-electron chi connectivity index (χ3n) is 5.88. The minimum Gasteiger partial charge on any atom is -0.457 e. The summed E-state index contributed by atoms with van der Waals surface area (Å²) in [6.45, 7) is 12.7. The summed E-state index contributed by atoms with van der Waals surface area (Å²) in [7, 11) is -5.04. The number of aromatic nitrogens is 1. The van der Waals surface area contributed by atoms with Crippen molar-refractivity contribution >= 4 is 62.4 Å². The summed E-state index contributed by atoms with van der Waals surface area (Å²) in [5.41, 5.74) is -4.11. The predicted molar refractivity (Wildman–Crippen MR) is 159 cm³/mol. The molecule has 2 aliphatic heterocycles. The van der Waals surface area contributed by atoms with Crippen molar-refractivity contribution in [1.29, 1.82) is 0 Å². The topological polar surface area (TPSA) is 235 Å². The van der Waals surface area contributed by atoms with Crippen LogP contribution in [0.3, 0.4) is 0 Å². The molecule has 2 aliphatic rings. The van der Waals surface area contributed by atoms with Gasteiger partial charge >= 0.3 is 28.4 Å². The van der Waals surface area contributed by atoms with E-state index in [1.807, 2.05) is 0 Å². The summed E-state index contributed by atoms with van der Waals surface area (Å²) in [6.07, 6.45) is -0.826. The smallest absolute Gasteiger partial charge is 0.413 e. The molecule has 0 radical (unpaired) electrons. The molecule has 0 bridgehead atoms. The Kier molecular flexibility index (Phi) is 10.0. The van der Waals surface area contributed by atoms with Gasteiger partial charge < -0.3 is 29.8 Å². The van der Waals surface area contributed by atoms with Crippen LogP contribution in [0.25, 0.3) is 0 Å². The SMILES string of the molecule is CC(C)(C)OC(=O)Nc1nc(/C(=N\OC(C)(C)C(=O)OC(C)(C)C)C(=O)N[C@@H]2C(=O)N(S(=O)(=O)O)[C@@H]2CN2CCNC2=O)cs1. The van der Waals surface area contributed by atoms with E-state index in [1.165, 1.54) is 24.1 Å². The first-order valence-electron chi connectivity index (χ1n) is 13.6. The van der Waals surface area contributed by atoms with E-state index >= 15 is 0 Å². The molecule has 4 N–H and O–H groups in total. The predicted octanol–water partition coefficient (Wildman–Crippen LogP) is 0.855. The molecule has 0 spiro atoms. The molecule has 0 aliphatic carbocycles. The molecule has 1 aromatic heterocycles. The Hall–Kier alpha value is -4.04.